The number of anilines is 2. The zero-order valence-electron chi connectivity index (χ0n) is 17.2. The monoisotopic (exact) mass is 469 g/mol. The maximum atomic E-state index is 13.8. The van der Waals surface area contributed by atoms with Gasteiger partial charge in [-0.3, -0.25) is 19.4 Å². The Morgan fingerprint density at radius 2 is 1.91 bits per heavy atom. The number of pyridine rings is 1. The maximum absolute atomic E-state index is 13.8. The number of ether oxygens (including phenoxy) is 1. The summed E-state index contributed by atoms with van der Waals surface area (Å²) in [5, 5.41) is 12.5. The van der Waals surface area contributed by atoms with Gasteiger partial charge in [-0.05, 0) is 43.3 Å². The van der Waals surface area contributed by atoms with E-state index in [1.807, 2.05) is 0 Å². The van der Waals surface area contributed by atoms with Crippen LogP contribution in [-0.2, 0) is 14.8 Å². The summed E-state index contributed by atoms with van der Waals surface area (Å²) in [6, 6.07) is 13.0. The van der Waals surface area contributed by atoms with Crippen molar-refractivity contribution in [2.24, 2.45) is 0 Å². The van der Waals surface area contributed by atoms with Crippen LogP contribution in [0.25, 0.3) is 10.8 Å². The lowest BCUT2D eigenvalue weighted by Gasteiger charge is -2.24. The molecule has 0 fully saturated rings. The quantitative estimate of drug-likeness (QED) is 0.442. The summed E-state index contributed by atoms with van der Waals surface area (Å²) >= 11 is 1.20. The Balaban J connectivity index is 1.75. The second-order valence-electron chi connectivity index (χ2n) is 6.74. The van der Waals surface area contributed by atoms with E-state index in [1.54, 1.807) is 55.6 Å². The Kier molecular flexibility index (Phi) is 6.01. The zero-order valence-corrected chi connectivity index (χ0v) is 18.9. The van der Waals surface area contributed by atoms with E-state index in [4.69, 9.17) is 4.74 Å². The molecule has 32 heavy (non-hydrogen) atoms. The number of hydrogen-bond acceptors (Lipinski definition) is 8. The van der Waals surface area contributed by atoms with Crippen LogP contribution in [0.3, 0.4) is 0 Å². The highest BCUT2D eigenvalue weighted by Crippen LogP contribution is 2.30. The van der Waals surface area contributed by atoms with Gasteiger partial charge in [0.2, 0.25) is 11.0 Å². The molecule has 0 unspecified atom stereocenters. The predicted molar refractivity (Wildman–Crippen MR) is 123 cm³/mol. The topological polar surface area (TPSA) is 114 Å². The molecule has 2 aromatic heterocycles. The molecule has 0 saturated carbocycles. The van der Waals surface area contributed by atoms with Crippen molar-refractivity contribution in [2.75, 3.05) is 23.3 Å². The molecular weight excluding hydrogens is 450 g/mol. The van der Waals surface area contributed by atoms with Crippen molar-refractivity contribution in [3.05, 3.63) is 65.9 Å². The van der Waals surface area contributed by atoms with Crippen molar-refractivity contribution in [1.82, 2.24) is 15.2 Å². The summed E-state index contributed by atoms with van der Waals surface area (Å²) < 4.78 is 33.8. The second-order valence-corrected chi connectivity index (χ2v) is 9.75. The SMILES string of the molecule is COc1ccc(N(CC(=O)Nc2nnc(C)s2)S(=O)(=O)c2cccc3cnccc23)cc1. The number of nitrogens with zero attached hydrogens (tertiary/aromatic N) is 4. The van der Waals surface area contributed by atoms with Gasteiger partial charge in [-0.15, -0.1) is 10.2 Å². The molecule has 164 valence electrons. The molecule has 11 heteroatoms. The van der Waals surface area contributed by atoms with Gasteiger partial charge in [0.15, 0.2) is 0 Å². The van der Waals surface area contributed by atoms with Crippen molar-refractivity contribution in [3.63, 3.8) is 0 Å². The van der Waals surface area contributed by atoms with Gasteiger partial charge in [-0.25, -0.2) is 8.42 Å². The van der Waals surface area contributed by atoms with Gasteiger partial charge >= 0.3 is 0 Å². The predicted octanol–water partition coefficient (Wildman–Crippen LogP) is 3.24. The molecule has 0 aliphatic rings. The number of nitrogens with one attached hydrogen (secondary N) is 1. The van der Waals surface area contributed by atoms with E-state index in [-0.39, 0.29) is 4.90 Å². The van der Waals surface area contributed by atoms with Gasteiger partial charge in [0.1, 0.15) is 17.3 Å². The average Bonchev–Trinajstić information content (AvgIpc) is 3.21. The molecule has 4 aromatic rings. The van der Waals surface area contributed by atoms with E-state index in [0.717, 1.165) is 4.31 Å². The van der Waals surface area contributed by atoms with Crippen LogP contribution in [0.4, 0.5) is 10.8 Å². The van der Waals surface area contributed by atoms with E-state index >= 15 is 0 Å². The molecule has 2 heterocycles. The number of methoxy groups -OCH3 is 1. The molecule has 0 aliphatic carbocycles. The fraction of sp³-hybridized carbons (Fsp3) is 0.143. The first-order chi connectivity index (χ1) is 15.4. The number of carbonyl (C=O) groups excluding carboxylic acids is 1. The van der Waals surface area contributed by atoms with Crippen molar-refractivity contribution < 1.29 is 17.9 Å². The lowest BCUT2D eigenvalue weighted by Crippen LogP contribution is -2.38. The van der Waals surface area contributed by atoms with Crippen LogP contribution in [0.15, 0.2) is 65.8 Å². The number of rotatable bonds is 7. The number of amides is 1. The highest BCUT2D eigenvalue weighted by atomic mass is 32.2. The standard InChI is InChI=1S/C21H19N5O4S2/c1-14-24-25-21(31-14)23-20(27)13-26(16-6-8-17(30-2)9-7-16)32(28,29)19-5-3-4-15-12-22-11-10-18(15)19/h3-12H,13H2,1-2H3,(H,23,25,27). The minimum Gasteiger partial charge on any atom is -0.497 e. The van der Waals surface area contributed by atoms with E-state index < -0.39 is 22.5 Å². The normalized spacial score (nSPS) is 11.3. The van der Waals surface area contributed by atoms with Crippen LogP contribution in [0.2, 0.25) is 0 Å². The van der Waals surface area contributed by atoms with Crippen LogP contribution in [0.5, 0.6) is 5.75 Å². The summed E-state index contributed by atoms with van der Waals surface area (Å²) in [5.41, 5.74) is 0.320. The molecular formula is C21H19N5O4S2. The van der Waals surface area contributed by atoms with Crippen LogP contribution < -0.4 is 14.4 Å². The third kappa shape index (κ3) is 4.39. The molecule has 0 aliphatic heterocycles. The zero-order chi connectivity index (χ0) is 22.7. The largest absolute Gasteiger partial charge is 0.497 e. The van der Waals surface area contributed by atoms with Crippen LogP contribution in [0.1, 0.15) is 5.01 Å². The smallest absolute Gasteiger partial charge is 0.265 e. The van der Waals surface area contributed by atoms with Crippen molar-refractivity contribution in [1.29, 1.82) is 0 Å². The van der Waals surface area contributed by atoms with Crippen LogP contribution >= 0.6 is 11.3 Å². The van der Waals surface area contributed by atoms with Gasteiger partial charge in [0.05, 0.1) is 17.7 Å². The molecule has 0 spiro atoms. The highest BCUT2D eigenvalue weighted by Gasteiger charge is 2.29. The Morgan fingerprint density at radius 1 is 1.12 bits per heavy atom. The summed E-state index contributed by atoms with van der Waals surface area (Å²) in [7, 11) is -2.59. The van der Waals surface area contributed by atoms with Gasteiger partial charge < -0.3 is 4.74 Å². The maximum Gasteiger partial charge on any atom is 0.265 e. The minimum atomic E-state index is -4.11. The molecule has 1 amide bonds. The lowest BCUT2D eigenvalue weighted by molar-refractivity contribution is -0.114. The van der Waals surface area contributed by atoms with Crippen molar-refractivity contribution in [3.8, 4) is 5.75 Å². The third-order valence-electron chi connectivity index (χ3n) is 4.63. The average molecular weight is 470 g/mol. The number of benzene rings is 2. The third-order valence-corrected chi connectivity index (χ3v) is 7.21. The summed E-state index contributed by atoms with van der Waals surface area (Å²) in [6.07, 6.45) is 3.13. The first-order valence-corrected chi connectivity index (χ1v) is 11.7. The Labute approximate surface area is 188 Å². The van der Waals surface area contributed by atoms with Crippen molar-refractivity contribution >= 4 is 48.9 Å². The summed E-state index contributed by atoms with van der Waals surface area (Å²) in [5.74, 6) is 0.0265. The number of fused-ring (bicyclic) bond motifs is 1. The molecule has 4 rings (SSSR count). The van der Waals surface area contributed by atoms with Gasteiger partial charge in [0, 0.05) is 23.2 Å². The first kappa shape index (κ1) is 21.7. The van der Waals surface area contributed by atoms with Crippen molar-refractivity contribution in [2.45, 2.75) is 11.8 Å². The van der Waals surface area contributed by atoms with Crippen LogP contribution in [-0.4, -0.2) is 43.2 Å². The molecule has 0 saturated heterocycles. The van der Waals surface area contributed by atoms with E-state index in [0.29, 0.717) is 32.3 Å². The summed E-state index contributed by atoms with van der Waals surface area (Å²) in [6.45, 7) is 1.31. The molecule has 2 aromatic carbocycles. The number of hydrogen-bond donors (Lipinski definition) is 1. The fourth-order valence-corrected chi connectivity index (χ4v) is 5.38. The Hall–Kier alpha value is -3.57. The highest BCUT2D eigenvalue weighted by molar-refractivity contribution is 7.93. The molecule has 0 radical (unpaired) electrons. The van der Waals surface area contributed by atoms with E-state index in [1.165, 1.54) is 30.7 Å². The fourth-order valence-electron chi connectivity index (χ4n) is 3.14. The Bertz CT molecular complexity index is 1370. The number of sulfonamides is 1. The molecule has 9 nitrogen and oxygen atoms in total. The first-order valence-electron chi connectivity index (χ1n) is 9.48. The number of carbonyl (C=O) groups is 1. The van der Waals surface area contributed by atoms with Gasteiger partial charge in [0.25, 0.3) is 10.0 Å². The molecule has 0 bridgehead atoms. The van der Waals surface area contributed by atoms with E-state index in [9.17, 15) is 13.2 Å². The van der Waals surface area contributed by atoms with E-state index in [2.05, 4.69) is 20.5 Å². The second kappa shape index (κ2) is 8.89. The van der Waals surface area contributed by atoms with Gasteiger partial charge in [-0.2, -0.15) is 0 Å². The summed E-state index contributed by atoms with van der Waals surface area (Å²) in [4.78, 5) is 16.9. The van der Waals surface area contributed by atoms with Crippen LogP contribution in [0, 0.1) is 6.92 Å². The minimum absolute atomic E-state index is 0.0766. The van der Waals surface area contributed by atoms with Gasteiger partial charge in [-0.1, -0.05) is 23.5 Å². The molecule has 1 N–H and O–H groups in total. The lowest BCUT2D eigenvalue weighted by atomic mass is 10.2. The number of aromatic nitrogens is 3. The number of aryl methyl sites for hydroxylation is 1. The Morgan fingerprint density at radius 3 is 2.59 bits per heavy atom. The molecule has 0 atom stereocenters.